The zero-order chi connectivity index (χ0) is 15.5. The molecule has 3 nitrogen and oxygen atoms in total. The summed E-state index contributed by atoms with van der Waals surface area (Å²) in [6.07, 6.45) is 0. The highest BCUT2D eigenvalue weighted by Crippen LogP contribution is 2.31. The number of fused-ring (bicyclic) bond motifs is 1. The third-order valence-corrected chi connectivity index (χ3v) is 4.40. The number of hydrogen-bond acceptors (Lipinski definition) is 3. The molecule has 1 unspecified atom stereocenters. The summed E-state index contributed by atoms with van der Waals surface area (Å²) < 4.78 is 11.1. The molecular weight excluding hydrogens is 321 g/mol. The van der Waals surface area contributed by atoms with Gasteiger partial charge in [-0.25, -0.2) is 0 Å². The van der Waals surface area contributed by atoms with Gasteiger partial charge < -0.3 is 14.8 Å². The summed E-state index contributed by atoms with van der Waals surface area (Å²) in [5.74, 6) is 1.63. The van der Waals surface area contributed by atoms with Gasteiger partial charge in [-0.05, 0) is 42.3 Å². The third kappa shape index (κ3) is 3.49. The Morgan fingerprint density at radius 3 is 2.55 bits per heavy atom. The molecule has 5 heteroatoms. The zero-order valence-corrected chi connectivity index (χ0v) is 13.7. The molecule has 0 spiro atoms. The van der Waals surface area contributed by atoms with E-state index in [1.165, 1.54) is 0 Å². The first kappa shape index (κ1) is 15.5. The van der Waals surface area contributed by atoms with Crippen molar-refractivity contribution in [1.82, 2.24) is 5.32 Å². The van der Waals surface area contributed by atoms with Crippen LogP contribution in [-0.4, -0.2) is 13.2 Å². The summed E-state index contributed by atoms with van der Waals surface area (Å²) in [6.45, 7) is 4.04. The minimum atomic E-state index is 0.169. The fraction of sp³-hybridized carbons (Fsp3) is 0.294. The highest BCUT2D eigenvalue weighted by Gasteiger charge is 2.12. The molecule has 1 N–H and O–H groups in total. The Hall–Kier alpha value is -1.42. The van der Waals surface area contributed by atoms with Crippen LogP contribution in [0.5, 0.6) is 11.5 Å². The Morgan fingerprint density at radius 2 is 1.77 bits per heavy atom. The summed E-state index contributed by atoms with van der Waals surface area (Å²) in [5, 5.41) is 4.62. The smallest absolute Gasteiger partial charge is 0.161 e. The average Bonchev–Trinajstić information content (AvgIpc) is 2.55. The first-order chi connectivity index (χ1) is 10.6. The highest BCUT2D eigenvalue weighted by molar-refractivity contribution is 6.42. The Kier molecular flexibility index (Phi) is 4.77. The first-order valence-electron chi connectivity index (χ1n) is 7.20. The molecular formula is C17H17Cl2NO2. The van der Waals surface area contributed by atoms with E-state index in [0.717, 1.165) is 29.2 Å². The van der Waals surface area contributed by atoms with E-state index in [1.807, 2.05) is 36.4 Å². The Morgan fingerprint density at radius 1 is 1.00 bits per heavy atom. The van der Waals surface area contributed by atoms with Crippen LogP contribution >= 0.6 is 23.2 Å². The van der Waals surface area contributed by atoms with Gasteiger partial charge in [-0.3, -0.25) is 0 Å². The van der Waals surface area contributed by atoms with Crippen LogP contribution in [0.15, 0.2) is 36.4 Å². The maximum absolute atomic E-state index is 6.06. The third-order valence-electron chi connectivity index (χ3n) is 3.66. The number of ether oxygens (including phenoxy) is 2. The van der Waals surface area contributed by atoms with E-state index >= 15 is 0 Å². The fourth-order valence-electron chi connectivity index (χ4n) is 2.37. The normalized spacial score (nSPS) is 14.7. The van der Waals surface area contributed by atoms with Crippen LogP contribution in [-0.2, 0) is 6.54 Å². The van der Waals surface area contributed by atoms with Crippen LogP contribution in [0.1, 0.15) is 24.1 Å². The second-order valence-corrected chi connectivity index (χ2v) is 6.07. The van der Waals surface area contributed by atoms with Crippen molar-refractivity contribution in [3.05, 3.63) is 57.6 Å². The maximum Gasteiger partial charge on any atom is 0.161 e. The van der Waals surface area contributed by atoms with Gasteiger partial charge >= 0.3 is 0 Å². The SMILES string of the molecule is CC(NCc1ccc2c(c1)OCCO2)c1ccc(Cl)c(Cl)c1. The molecule has 0 aliphatic carbocycles. The van der Waals surface area contributed by atoms with Crippen molar-refractivity contribution in [2.45, 2.75) is 19.5 Å². The lowest BCUT2D eigenvalue weighted by atomic mass is 10.1. The number of benzene rings is 2. The number of halogens is 2. The highest BCUT2D eigenvalue weighted by atomic mass is 35.5. The second-order valence-electron chi connectivity index (χ2n) is 5.25. The van der Waals surface area contributed by atoms with Crippen molar-refractivity contribution in [3.8, 4) is 11.5 Å². The largest absolute Gasteiger partial charge is 0.486 e. The molecule has 1 aliphatic heterocycles. The average molecular weight is 338 g/mol. The van der Waals surface area contributed by atoms with Crippen LogP contribution in [0.2, 0.25) is 10.0 Å². The molecule has 0 fully saturated rings. The predicted molar refractivity (Wildman–Crippen MR) is 89.1 cm³/mol. The number of hydrogen-bond donors (Lipinski definition) is 1. The lowest BCUT2D eigenvalue weighted by Gasteiger charge is -2.20. The molecule has 1 aliphatic rings. The lowest BCUT2D eigenvalue weighted by molar-refractivity contribution is 0.171. The molecule has 0 aromatic heterocycles. The van der Waals surface area contributed by atoms with Crippen LogP contribution in [0.3, 0.4) is 0 Å². The van der Waals surface area contributed by atoms with Crippen molar-refractivity contribution in [2.75, 3.05) is 13.2 Å². The molecule has 3 rings (SSSR count). The lowest BCUT2D eigenvalue weighted by Crippen LogP contribution is -2.19. The number of rotatable bonds is 4. The molecule has 116 valence electrons. The monoisotopic (exact) mass is 337 g/mol. The molecule has 2 aromatic rings. The van der Waals surface area contributed by atoms with Gasteiger partial charge in [0.1, 0.15) is 13.2 Å². The first-order valence-corrected chi connectivity index (χ1v) is 7.96. The summed E-state index contributed by atoms with van der Waals surface area (Å²) in [7, 11) is 0. The quantitative estimate of drug-likeness (QED) is 0.883. The van der Waals surface area contributed by atoms with Crippen molar-refractivity contribution < 1.29 is 9.47 Å². The van der Waals surface area contributed by atoms with Gasteiger partial charge in [-0.2, -0.15) is 0 Å². The fourth-order valence-corrected chi connectivity index (χ4v) is 2.67. The van der Waals surface area contributed by atoms with Gasteiger partial charge in [-0.15, -0.1) is 0 Å². The van der Waals surface area contributed by atoms with Crippen molar-refractivity contribution in [3.63, 3.8) is 0 Å². The van der Waals surface area contributed by atoms with Crippen LogP contribution in [0, 0.1) is 0 Å². The van der Waals surface area contributed by atoms with Crippen LogP contribution < -0.4 is 14.8 Å². The van der Waals surface area contributed by atoms with Gasteiger partial charge in [-0.1, -0.05) is 35.3 Å². The van der Waals surface area contributed by atoms with Crippen LogP contribution in [0.25, 0.3) is 0 Å². The number of nitrogens with one attached hydrogen (secondary N) is 1. The standard InChI is InChI=1S/C17H17Cl2NO2/c1-11(13-3-4-14(18)15(19)9-13)20-10-12-2-5-16-17(8-12)22-7-6-21-16/h2-5,8-9,11,20H,6-7,10H2,1H3. The molecule has 0 saturated heterocycles. The van der Waals surface area contributed by atoms with Gasteiger partial charge in [0.15, 0.2) is 11.5 Å². The molecule has 0 bridgehead atoms. The Labute approximate surface area is 140 Å². The Balaban J connectivity index is 1.65. The summed E-state index contributed by atoms with van der Waals surface area (Å²) in [5.41, 5.74) is 2.25. The van der Waals surface area contributed by atoms with Crippen molar-refractivity contribution in [2.24, 2.45) is 0 Å². The molecule has 0 amide bonds. The van der Waals surface area contributed by atoms with E-state index in [0.29, 0.717) is 23.3 Å². The zero-order valence-electron chi connectivity index (χ0n) is 12.2. The van der Waals surface area contributed by atoms with Gasteiger partial charge in [0.05, 0.1) is 10.0 Å². The topological polar surface area (TPSA) is 30.5 Å². The van der Waals surface area contributed by atoms with Crippen LogP contribution in [0.4, 0.5) is 0 Å². The van der Waals surface area contributed by atoms with E-state index in [9.17, 15) is 0 Å². The van der Waals surface area contributed by atoms with Crippen molar-refractivity contribution >= 4 is 23.2 Å². The molecule has 1 atom stereocenters. The molecule has 1 heterocycles. The van der Waals surface area contributed by atoms with Crippen molar-refractivity contribution in [1.29, 1.82) is 0 Å². The molecule has 2 aromatic carbocycles. The van der Waals surface area contributed by atoms with E-state index in [-0.39, 0.29) is 6.04 Å². The van der Waals surface area contributed by atoms with E-state index in [2.05, 4.69) is 12.2 Å². The molecule has 0 radical (unpaired) electrons. The summed E-state index contributed by atoms with van der Waals surface area (Å²) in [6, 6.07) is 11.9. The van der Waals surface area contributed by atoms with E-state index < -0.39 is 0 Å². The minimum absolute atomic E-state index is 0.169. The molecule has 22 heavy (non-hydrogen) atoms. The maximum atomic E-state index is 6.06. The van der Waals surface area contributed by atoms with Gasteiger partial charge in [0, 0.05) is 12.6 Å². The van der Waals surface area contributed by atoms with Gasteiger partial charge in [0.25, 0.3) is 0 Å². The predicted octanol–water partition coefficient (Wildman–Crippen LogP) is 4.62. The second kappa shape index (κ2) is 6.78. The minimum Gasteiger partial charge on any atom is -0.486 e. The van der Waals surface area contributed by atoms with E-state index in [4.69, 9.17) is 32.7 Å². The Bertz CT molecular complexity index is 676. The summed E-state index contributed by atoms with van der Waals surface area (Å²) in [4.78, 5) is 0. The summed E-state index contributed by atoms with van der Waals surface area (Å²) >= 11 is 12.0. The van der Waals surface area contributed by atoms with Gasteiger partial charge in [0.2, 0.25) is 0 Å². The molecule has 0 saturated carbocycles. The van der Waals surface area contributed by atoms with E-state index in [1.54, 1.807) is 0 Å².